The van der Waals surface area contributed by atoms with E-state index < -0.39 is 0 Å². The van der Waals surface area contributed by atoms with Crippen molar-refractivity contribution in [1.82, 2.24) is 4.48 Å². The summed E-state index contributed by atoms with van der Waals surface area (Å²) in [5, 5.41) is 9.80. The van der Waals surface area contributed by atoms with Gasteiger partial charge in [0.2, 0.25) is 0 Å². The summed E-state index contributed by atoms with van der Waals surface area (Å²) in [4.78, 5) is 2.52. The minimum absolute atomic E-state index is 0.0405. The van der Waals surface area contributed by atoms with E-state index in [1.54, 1.807) is 0 Å². The molecule has 0 fully saturated rings. The molecular formula is C44H25BN2O. The summed E-state index contributed by atoms with van der Waals surface area (Å²) < 4.78 is 9.49. The molecule has 220 valence electrons. The second kappa shape index (κ2) is 8.75. The second-order valence-electron chi connectivity index (χ2n) is 13.3. The lowest BCUT2D eigenvalue weighted by atomic mass is 9.45. The van der Waals surface area contributed by atoms with Crippen LogP contribution in [0.15, 0.2) is 156 Å². The number of hydrogen-bond acceptors (Lipinski definition) is 2. The van der Waals surface area contributed by atoms with E-state index in [2.05, 4.69) is 161 Å². The quantitative estimate of drug-likeness (QED) is 0.173. The van der Waals surface area contributed by atoms with E-state index in [1.807, 2.05) is 0 Å². The van der Waals surface area contributed by atoms with Gasteiger partial charge in [0.15, 0.2) is 0 Å². The molecule has 0 saturated heterocycles. The number of furan rings is 1. The first-order chi connectivity index (χ1) is 23.8. The fourth-order valence-electron chi connectivity index (χ4n) is 8.92. The van der Waals surface area contributed by atoms with Crippen molar-refractivity contribution in [3.8, 4) is 11.1 Å². The van der Waals surface area contributed by atoms with Crippen LogP contribution in [-0.2, 0) is 0 Å². The molecule has 0 radical (unpaired) electrons. The molecule has 4 heteroatoms. The van der Waals surface area contributed by atoms with Crippen molar-refractivity contribution >= 4 is 100 Å². The third-order valence-corrected chi connectivity index (χ3v) is 10.9. The number of benzene rings is 8. The Bertz CT molecular complexity index is 3040. The van der Waals surface area contributed by atoms with Crippen molar-refractivity contribution in [2.24, 2.45) is 0 Å². The van der Waals surface area contributed by atoms with E-state index in [9.17, 15) is 0 Å². The van der Waals surface area contributed by atoms with Crippen LogP contribution < -0.4 is 15.8 Å². The Morgan fingerprint density at radius 2 is 1.21 bits per heavy atom. The molecule has 0 atom stereocenters. The van der Waals surface area contributed by atoms with Crippen molar-refractivity contribution in [3.05, 3.63) is 152 Å². The van der Waals surface area contributed by atoms with Crippen molar-refractivity contribution in [2.75, 3.05) is 4.90 Å². The van der Waals surface area contributed by atoms with Gasteiger partial charge in [0.1, 0.15) is 11.2 Å². The van der Waals surface area contributed by atoms with Crippen LogP contribution in [0, 0.1) is 0 Å². The van der Waals surface area contributed by atoms with Gasteiger partial charge in [-0.25, -0.2) is 0 Å². The average molecular weight is 609 g/mol. The van der Waals surface area contributed by atoms with Gasteiger partial charge in [-0.15, -0.1) is 0 Å². The molecule has 2 aliphatic heterocycles. The van der Waals surface area contributed by atoms with Crippen LogP contribution in [0.25, 0.3) is 76.4 Å². The Morgan fingerprint density at radius 3 is 2.08 bits per heavy atom. The molecule has 0 amide bonds. The highest BCUT2D eigenvalue weighted by atomic mass is 16.3. The Labute approximate surface area is 275 Å². The first-order valence-corrected chi connectivity index (χ1v) is 16.6. The maximum atomic E-state index is 6.87. The Balaban J connectivity index is 1.33. The van der Waals surface area contributed by atoms with Crippen LogP contribution >= 0.6 is 0 Å². The molecule has 4 heterocycles. The molecule has 3 nitrogen and oxygen atoms in total. The van der Waals surface area contributed by atoms with Crippen LogP contribution in [0.3, 0.4) is 0 Å². The number of para-hydroxylation sites is 3. The van der Waals surface area contributed by atoms with Gasteiger partial charge in [0.25, 0.3) is 0 Å². The third-order valence-electron chi connectivity index (χ3n) is 10.9. The Hall–Kier alpha value is -6.26. The van der Waals surface area contributed by atoms with E-state index in [4.69, 9.17) is 4.42 Å². The Kier molecular flexibility index (Phi) is 4.54. The van der Waals surface area contributed by atoms with Crippen LogP contribution in [0.1, 0.15) is 0 Å². The molecule has 48 heavy (non-hydrogen) atoms. The number of rotatable bonds is 1. The molecule has 0 spiro atoms. The van der Waals surface area contributed by atoms with Crippen LogP contribution in [-0.4, -0.2) is 11.3 Å². The molecule has 0 N–H and O–H groups in total. The molecule has 10 aromatic rings. The van der Waals surface area contributed by atoms with E-state index in [0.29, 0.717) is 0 Å². The highest BCUT2D eigenvalue weighted by Crippen LogP contribution is 2.49. The standard InChI is InChI=1S/C44H25BN2O/c1-2-11-27-22-30(21-20-26(27)10-1)46-38-24-29-13-4-3-12-28(29)23-36(38)45-42-39(46)25-35-32-15-6-8-19-40(32)48-44(35)41(42)34-17-9-16-33-31-14-5-7-18-37(31)47(45)43(33)34/h1-25H. The zero-order chi connectivity index (χ0) is 31.1. The molecule has 0 unspecified atom stereocenters. The molecule has 0 saturated carbocycles. The lowest BCUT2D eigenvalue weighted by Crippen LogP contribution is -2.56. The van der Waals surface area contributed by atoms with Crippen molar-refractivity contribution in [3.63, 3.8) is 0 Å². The summed E-state index contributed by atoms with van der Waals surface area (Å²) in [5.74, 6) is 0. The summed E-state index contributed by atoms with van der Waals surface area (Å²) >= 11 is 0. The summed E-state index contributed by atoms with van der Waals surface area (Å²) in [6.45, 7) is -0.0405. The van der Waals surface area contributed by atoms with E-state index >= 15 is 0 Å². The topological polar surface area (TPSA) is 21.3 Å². The Morgan fingerprint density at radius 1 is 0.500 bits per heavy atom. The third kappa shape index (κ3) is 3.01. The summed E-state index contributed by atoms with van der Waals surface area (Å²) in [6.07, 6.45) is 0. The number of aromatic nitrogens is 1. The van der Waals surface area contributed by atoms with Gasteiger partial charge in [0, 0.05) is 60.8 Å². The van der Waals surface area contributed by atoms with Gasteiger partial charge in [-0.1, -0.05) is 115 Å². The van der Waals surface area contributed by atoms with E-state index in [-0.39, 0.29) is 6.85 Å². The van der Waals surface area contributed by atoms with Gasteiger partial charge in [-0.2, -0.15) is 0 Å². The summed E-state index contributed by atoms with van der Waals surface area (Å²) in [7, 11) is 0. The van der Waals surface area contributed by atoms with Crippen LogP contribution in [0.2, 0.25) is 0 Å². The first-order valence-electron chi connectivity index (χ1n) is 16.6. The van der Waals surface area contributed by atoms with Crippen LogP contribution in [0.4, 0.5) is 17.1 Å². The smallest absolute Gasteiger partial charge is 0.333 e. The predicted molar refractivity (Wildman–Crippen MR) is 202 cm³/mol. The second-order valence-corrected chi connectivity index (χ2v) is 13.3. The van der Waals surface area contributed by atoms with E-state index in [0.717, 1.165) is 27.6 Å². The zero-order valence-corrected chi connectivity index (χ0v) is 25.8. The number of fused-ring (bicyclic) bond motifs is 13. The molecular weight excluding hydrogens is 583 g/mol. The predicted octanol–water partition coefficient (Wildman–Crippen LogP) is 10.4. The molecule has 0 bridgehead atoms. The number of anilines is 3. The molecule has 2 aliphatic rings. The fraction of sp³-hybridized carbons (Fsp3) is 0. The average Bonchev–Trinajstić information content (AvgIpc) is 3.68. The molecule has 8 aromatic carbocycles. The largest absolute Gasteiger partial charge is 0.455 e. The number of nitrogens with zero attached hydrogens (tertiary/aromatic N) is 2. The van der Waals surface area contributed by atoms with Gasteiger partial charge in [0.05, 0.1) is 0 Å². The first kappa shape index (κ1) is 24.9. The van der Waals surface area contributed by atoms with Crippen molar-refractivity contribution in [2.45, 2.75) is 0 Å². The SMILES string of the molecule is c1ccc2cc(N3c4cc5ccccc5cc4B4c5c3cc3c(oc6ccccc63)c5-c3cccc5c6ccccc6n4c35)ccc2c1. The summed E-state index contributed by atoms with van der Waals surface area (Å²) in [5.41, 5.74) is 13.0. The minimum Gasteiger partial charge on any atom is -0.455 e. The lowest BCUT2D eigenvalue weighted by Gasteiger charge is -2.40. The monoisotopic (exact) mass is 608 g/mol. The maximum Gasteiger partial charge on any atom is 0.333 e. The highest BCUT2D eigenvalue weighted by Gasteiger charge is 2.44. The van der Waals surface area contributed by atoms with Gasteiger partial charge >= 0.3 is 6.85 Å². The molecule has 2 aromatic heterocycles. The number of hydrogen-bond donors (Lipinski definition) is 0. The lowest BCUT2D eigenvalue weighted by molar-refractivity contribution is 0.670. The molecule has 0 aliphatic carbocycles. The zero-order valence-electron chi connectivity index (χ0n) is 25.8. The van der Waals surface area contributed by atoms with E-state index in [1.165, 1.54) is 76.8 Å². The van der Waals surface area contributed by atoms with Gasteiger partial charge in [-0.05, 0) is 68.9 Å². The normalized spacial score (nSPS) is 13.3. The van der Waals surface area contributed by atoms with Gasteiger partial charge in [-0.3, -0.25) is 0 Å². The van der Waals surface area contributed by atoms with Crippen LogP contribution in [0.5, 0.6) is 0 Å². The highest BCUT2D eigenvalue weighted by molar-refractivity contribution is 6.90. The molecule has 12 rings (SSSR count). The minimum atomic E-state index is -0.0405. The fourth-order valence-corrected chi connectivity index (χ4v) is 8.92. The summed E-state index contributed by atoms with van der Waals surface area (Å²) in [6, 6.07) is 55.7. The van der Waals surface area contributed by atoms with Gasteiger partial charge < -0.3 is 13.8 Å². The maximum absolute atomic E-state index is 6.87. The van der Waals surface area contributed by atoms with Crippen molar-refractivity contribution in [1.29, 1.82) is 0 Å². The van der Waals surface area contributed by atoms with Crippen molar-refractivity contribution < 1.29 is 4.42 Å².